The molecule has 0 saturated heterocycles. The molecule has 0 spiro atoms. The number of sulfonamides is 1. The van der Waals surface area contributed by atoms with Crippen molar-refractivity contribution in [1.82, 2.24) is 4.31 Å². The van der Waals surface area contributed by atoms with Crippen LogP contribution in [0.15, 0.2) is 21.0 Å². The molecule has 0 amide bonds. The monoisotopic (exact) mass is 315 g/mol. The maximum absolute atomic E-state index is 12.8. The average Bonchev–Trinajstić information content (AvgIpc) is 2.74. The predicted molar refractivity (Wildman–Crippen MR) is 77.4 cm³/mol. The Morgan fingerprint density at radius 2 is 2.10 bits per heavy atom. The Bertz CT molecular complexity index is 645. The van der Waals surface area contributed by atoms with Crippen LogP contribution >= 0.6 is 0 Å². The number of aliphatic hydroxyl groups is 1. The van der Waals surface area contributed by atoms with E-state index in [0.29, 0.717) is 43.2 Å². The number of hydrogen-bond donors (Lipinski definition) is 1. The lowest BCUT2D eigenvalue weighted by Gasteiger charge is -2.25. The van der Waals surface area contributed by atoms with Crippen molar-refractivity contribution in [3.8, 4) is 0 Å². The van der Waals surface area contributed by atoms with Crippen molar-refractivity contribution in [2.45, 2.75) is 31.8 Å². The summed E-state index contributed by atoms with van der Waals surface area (Å²) in [5.74, 6) is 0.768. The Hall–Kier alpha value is -1.15. The Morgan fingerprint density at radius 1 is 1.38 bits per heavy atom. The third-order valence-electron chi connectivity index (χ3n) is 3.68. The van der Waals surface area contributed by atoms with Gasteiger partial charge in [0.05, 0.1) is 13.2 Å². The van der Waals surface area contributed by atoms with Crippen molar-refractivity contribution < 1.29 is 22.7 Å². The Labute approximate surface area is 125 Å². The summed E-state index contributed by atoms with van der Waals surface area (Å²) < 4.78 is 37.4. The minimum Gasteiger partial charge on any atom is -0.465 e. The molecule has 6 nitrogen and oxygen atoms in total. The third kappa shape index (κ3) is 3.06. The van der Waals surface area contributed by atoms with E-state index in [1.165, 1.54) is 4.31 Å². The molecule has 0 unspecified atom stereocenters. The Balaban J connectivity index is 2.32. The van der Waals surface area contributed by atoms with Crippen LogP contribution in [0.5, 0.6) is 0 Å². The van der Waals surface area contributed by atoms with Crippen molar-refractivity contribution >= 4 is 10.0 Å². The summed E-state index contributed by atoms with van der Waals surface area (Å²) in [5.41, 5.74) is 1.45. The predicted octanol–water partition coefficient (Wildman–Crippen LogP) is 1.36. The highest BCUT2D eigenvalue weighted by molar-refractivity contribution is 7.89. The first-order valence-corrected chi connectivity index (χ1v) is 8.22. The minimum atomic E-state index is -3.66. The van der Waals surface area contributed by atoms with Gasteiger partial charge in [0.15, 0.2) is 0 Å². The number of aryl methyl sites for hydroxylation is 2. The number of methoxy groups -OCH3 is 1. The number of aliphatic hydroxyl groups excluding tert-OH is 1. The van der Waals surface area contributed by atoms with Gasteiger partial charge in [0.25, 0.3) is 0 Å². The molecule has 7 heteroatoms. The van der Waals surface area contributed by atoms with Crippen molar-refractivity contribution in [2.75, 3.05) is 26.8 Å². The number of ether oxygens (including phenoxy) is 1. The Kier molecular flexibility index (Phi) is 4.88. The summed E-state index contributed by atoms with van der Waals surface area (Å²) in [6.45, 7) is 4.16. The van der Waals surface area contributed by atoms with E-state index in [4.69, 9.17) is 9.15 Å². The maximum atomic E-state index is 12.8. The normalized spacial score (nSPS) is 17.0. The highest BCUT2D eigenvalue weighted by atomic mass is 32.2. The van der Waals surface area contributed by atoms with Crippen molar-refractivity contribution in [2.24, 2.45) is 0 Å². The van der Waals surface area contributed by atoms with Crippen LogP contribution in [0, 0.1) is 13.8 Å². The molecule has 0 aromatic carbocycles. The lowest BCUT2D eigenvalue weighted by atomic mass is 10.1. The molecule has 2 rings (SSSR count). The van der Waals surface area contributed by atoms with E-state index in [-0.39, 0.29) is 11.5 Å². The molecule has 0 fully saturated rings. The number of furan rings is 1. The molecular formula is C14H21NO5S. The van der Waals surface area contributed by atoms with E-state index in [1.807, 2.05) is 6.08 Å². The van der Waals surface area contributed by atoms with Gasteiger partial charge in [-0.05, 0) is 25.8 Å². The average molecular weight is 315 g/mol. The molecule has 0 saturated carbocycles. The summed E-state index contributed by atoms with van der Waals surface area (Å²) in [6, 6.07) is 0. The maximum Gasteiger partial charge on any atom is 0.247 e. The van der Waals surface area contributed by atoms with Gasteiger partial charge in [0, 0.05) is 25.8 Å². The van der Waals surface area contributed by atoms with Gasteiger partial charge in [-0.1, -0.05) is 6.08 Å². The summed E-state index contributed by atoms with van der Waals surface area (Å²) in [6.07, 6.45) is 2.53. The van der Waals surface area contributed by atoms with Crippen LogP contribution in [-0.4, -0.2) is 44.6 Å². The van der Waals surface area contributed by atoms with Gasteiger partial charge < -0.3 is 14.3 Å². The topological polar surface area (TPSA) is 80.0 Å². The summed E-state index contributed by atoms with van der Waals surface area (Å²) in [5, 5.41) is 9.41. The summed E-state index contributed by atoms with van der Waals surface area (Å²) in [7, 11) is -2.04. The SMILES string of the molecule is COCC1=CCN(S(=O)(=O)c2c(C)oc(C)c2CO)CC1. The van der Waals surface area contributed by atoms with Crippen LogP contribution < -0.4 is 0 Å². The first kappa shape index (κ1) is 16.2. The molecule has 1 aliphatic rings. The highest BCUT2D eigenvalue weighted by Crippen LogP contribution is 2.30. The fourth-order valence-electron chi connectivity index (χ4n) is 2.59. The van der Waals surface area contributed by atoms with Gasteiger partial charge in [-0.15, -0.1) is 0 Å². The Morgan fingerprint density at radius 3 is 2.62 bits per heavy atom. The zero-order chi connectivity index (χ0) is 15.6. The van der Waals surface area contributed by atoms with Crippen LogP contribution in [0.25, 0.3) is 0 Å². The van der Waals surface area contributed by atoms with Crippen molar-refractivity contribution in [3.63, 3.8) is 0 Å². The van der Waals surface area contributed by atoms with E-state index in [1.54, 1.807) is 21.0 Å². The van der Waals surface area contributed by atoms with E-state index in [2.05, 4.69) is 0 Å². The third-order valence-corrected chi connectivity index (χ3v) is 5.74. The molecule has 1 aliphatic heterocycles. The molecule has 1 aromatic rings. The highest BCUT2D eigenvalue weighted by Gasteiger charge is 2.32. The largest absolute Gasteiger partial charge is 0.465 e. The van der Waals surface area contributed by atoms with Gasteiger partial charge in [0.2, 0.25) is 10.0 Å². The van der Waals surface area contributed by atoms with E-state index >= 15 is 0 Å². The molecule has 1 N–H and O–H groups in total. The lowest BCUT2D eigenvalue weighted by Crippen LogP contribution is -2.36. The number of rotatable bonds is 5. The fraction of sp³-hybridized carbons (Fsp3) is 0.571. The van der Waals surface area contributed by atoms with Gasteiger partial charge in [0.1, 0.15) is 16.4 Å². The summed E-state index contributed by atoms with van der Waals surface area (Å²) >= 11 is 0. The molecule has 118 valence electrons. The zero-order valence-corrected chi connectivity index (χ0v) is 13.4. The molecule has 2 heterocycles. The second kappa shape index (κ2) is 6.31. The van der Waals surface area contributed by atoms with Crippen LogP contribution in [0.3, 0.4) is 0 Å². The van der Waals surface area contributed by atoms with Crippen molar-refractivity contribution in [3.05, 3.63) is 28.7 Å². The van der Waals surface area contributed by atoms with E-state index < -0.39 is 10.0 Å². The van der Waals surface area contributed by atoms with Crippen LogP contribution in [0.1, 0.15) is 23.5 Å². The first-order valence-electron chi connectivity index (χ1n) is 6.78. The summed E-state index contributed by atoms with van der Waals surface area (Å²) in [4.78, 5) is 0.103. The van der Waals surface area contributed by atoms with Gasteiger partial charge in [-0.25, -0.2) is 8.42 Å². The molecule has 0 radical (unpaired) electrons. The van der Waals surface area contributed by atoms with Gasteiger partial charge in [-0.2, -0.15) is 4.31 Å². The molecule has 21 heavy (non-hydrogen) atoms. The number of nitrogens with zero attached hydrogens (tertiary/aromatic N) is 1. The number of hydrogen-bond acceptors (Lipinski definition) is 5. The van der Waals surface area contributed by atoms with Gasteiger partial charge >= 0.3 is 0 Å². The lowest BCUT2D eigenvalue weighted by molar-refractivity contribution is 0.219. The van der Waals surface area contributed by atoms with Crippen molar-refractivity contribution in [1.29, 1.82) is 0 Å². The minimum absolute atomic E-state index is 0.103. The standard InChI is InChI=1S/C14H21NO5S/c1-10-13(8-16)14(11(2)20-10)21(17,18)15-6-4-12(5-7-15)9-19-3/h4,16H,5-9H2,1-3H3. The molecule has 0 aliphatic carbocycles. The quantitative estimate of drug-likeness (QED) is 0.830. The molecule has 1 aromatic heterocycles. The first-order chi connectivity index (χ1) is 9.91. The van der Waals surface area contributed by atoms with E-state index in [0.717, 1.165) is 5.57 Å². The smallest absolute Gasteiger partial charge is 0.247 e. The second-order valence-corrected chi connectivity index (χ2v) is 6.96. The van der Waals surface area contributed by atoms with Crippen LogP contribution in [0.2, 0.25) is 0 Å². The fourth-order valence-corrected chi connectivity index (χ4v) is 4.37. The second-order valence-electron chi connectivity index (χ2n) is 5.09. The van der Waals surface area contributed by atoms with Crippen LogP contribution in [0.4, 0.5) is 0 Å². The van der Waals surface area contributed by atoms with E-state index in [9.17, 15) is 13.5 Å². The van der Waals surface area contributed by atoms with Crippen LogP contribution in [-0.2, 0) is 21.4 Å². The molecule has 0 bridgehead atoms. The zero-order valence-electron chi connectivity index (χ0n) is 12.5. The molecular weight excluding hydrogens is 294 g/mol. The molecule has 0 atom stereocenters. The van der Waals surface area contributed by atoms with Gasteiger partial charge in [-0.3, -0.25) is 0 Å².